The predicted octanol–water partition coefficient (Wildman–Crippen LogP) is 6.25. The molecular formula is C30H37ClN2O4S. The van der Waals surface area contributed by atoms with E-state index < -0.39 is 0 Å². The Kier molecular flexibility index (Phi) is 12.7. The molecule has 0 unspecified atom stereocenters. The van der Waals surface area contributed by atoms with Crippen molar-refractivity contribution in [2.45, 2.75) is 45.1 Å². The topological polar surface area (TPSA) is 83.6 Å². The van der Waals surface area contributed by atoms with Crippen LogP contribution in [0.25, 0.3) is 10.2 Å². The molecule has 0 radical (unpaired) electrons. The molecule has 4 aromatic rings. The molecule has 3 aromatic carbocycles. The number of thiazole rings is 1. The summed E-state index contributed by atoms with van der Waals surface area (Å²) in [6.07, 6.45) is 6.33. The third-order valence-electron chi connectivity index (χ3n) is 6.31. The first-order valence-corrected chi connectivity index (χ1v) is 13.9. The highest BCUT2D eigenvalue weighted by Gasteiger charge is 2.09. The van der Waals surface area contributed by atoms with Gasteiger partial charge in [-0.1, -0.05) is 72.7 Å². The van der Waals surface area contributed by atoms with Crippen LogP contribution in [-0.4, -0.2) is 36.4 Å². The number of fused-ring (bicyclic) bond motifs is 1. The molecule has 1 aromatic heterocycles. The van der Waals surface area contributed by atoms with Gasteiger partial charge in [-0.3, -0.25) is 4.79 Å². The molecule has 0 amide bonds. The molecule has 0 aliphatic rings. The Morgan fingerprint density at radius 3 is 2.42 bits per heavy atom. The number of halogens is 1. The molecule has 8 heteroatoms. The van der Waals surface area contributed by atoms with Crippen molar-refractivity contribution in [3.63, 3.8) is 0 Å². The van der Waals surface area contributed by atoms with Crippen molar-refractivity contribution in [2.24, 2.45) is 0 Å². The lowest BCUT2D eigenvalue weighted by Crippen LogP contribution is -2.18. The van der Waals surface area contributed by atoms with E-state index in [2.05, 4.69) is 34.6 Å². The van der Waals surface area contributed by atoms with Gasteiger partial charge in [0.25, 0.3) is 0 Å². The number of phenols is 1. The van der Waals surface area contributed by atoms with Gasteiger partial charge in [0.2, 0.25) is 0 Å². The van der Waals surface area contributed by atoms with Crippen molar-refractivity contribution in [1.29, 1.82) is 0 Å². The van der Waals surface area contributed by atoms with Crippen LogP contribution in [0.5, 0.6) is 11.5 Å². The second-order valence-electron chi connectivity index (χ2n) is 9.16. The maximum atomic E-state index is 11.6. The third kappa shape index (κ3) is 9.48. The molecule has 1 heterocycles. The Labute approximate surface area is 234 Å². The van der Waals surface area contributed by atoms with Gasteiger partial charge in [-0.2, -0.15) is 0 Å². The average Bonchev–Trinajstić information content (AvgIpc) is 3.33. The smallest absolute Gasteiger partial charge is 0.305 e. The van der Waals surface area contributed by atoms with Crippen molar-refractivity contribution in [2.75, 3.05) is 26.3 Å². The second-order valence-corrected chi connectivity index (χ2v) is 10.1. The van der Waals surface area contributed by atoms with Crippen LogP contribution in [0.3, 0.4) is 0 Å². The molecule has 0 bridgehead atoms. The minimum Gasteiger partial charge on any atom is -0.506 e. The number of rotatable bonds is 16. The van der Waals surface area contributed by atoms with E-state index in [9.17, 15) is 9.90 Å². The van der Waals surface area contributed by atoms with Gasteiger partial charge in [0, 0.05) is 6.61 Å². The molecule has 0 saturated carbocycles. The lowest BCUT2D eigenvalue weighted by Gasteiger charge is -2.08. The molecule has 0 saturated heterocycles. The van der Waals surface area contributed by atoms with E-state index in [-0.39, 0.29) is 23.0 Å². The van der Waals surface area contributed by atoms with E-state index >= 15 is 0 Å². The number of aromatic amines is 1. The van der Waals surface area contributed by atoms with Crippen LogP contribution in [0.2, 0.25) is 0 Å². The molecule has 0 spiro atoms. The number of benzene rings is 3. The van der Waals surface area contributed by atoms with Crippen LogP contribution in [0.1, 0.15) is 42.4 Å². The normalized spacial score (nSPS) is 10.9. The number of phenolic OH excluding ortho intramolecular Hbond substituents is 1. The lowest BCUT2D eigenvalue weighted by atomic mass is 10.1. The molecule has 4 rings (SSSR count). The first-order chi connectivity index (χ1) is 18.2. The van der Waals surface area contributed by atoms with Crippen LogP contribution < -0.4 is 14.9 Å². The number of unbranched alkanes of at least 4 members (excludes halogenated alkanes) is 3. The minimum absolute atomic E-state index is 0. The Bertz CT molecular complexity index is 1280. The molecule has 3 N–H and O–H groups in total. The van der Waals surface area contributed by atoms with Crippen molar-refractivity contribution < 1.29 is 14.6 Å². The molecule has 0 aliphatic heterocycles. The summed E-state index contributed by atoms with van der Waals surface area (Å²) in [6, 6.07) is 22.0. The van der Waals surface area contributed by atoms with Gasteiger partial charge >= 0.3 is 4.87 Å². The zero-order valence-electron chi connectivity index (χ0n) is 21.6. The maximum Gasteiger partial charge on any atom is 0.305 e. The fraction of sp³-hybridized carbons (Fsp3) is 0.367. The number of hydrogen-bond acceptors (Lipinski definition) is 6. The summed E-state index contributed by atoms with van der Waals surface area (Å²) in [7, 11) is 0. The highest BCUT2D eigenvalue weighted by molar-refractivity contribution is 7.16. The zero-order valence-corrected chi connectivity index (χ0v) is 23.3. The van der Waals surface area contributed by atoms with Crippen LogP contribution in [-0.2, 0) is 24.2 Å². The van der Waals surface area contributed by atoms with Crippen LogP contribution in [0.4, 0.5) is 0 Å². The van der Waals surface area contributed by atoms with E-state index in [1.165, 1.54) is 24.0 Å². The summed E-state index contributed by atoms with van der Waals surface area (Å²) in [4.78, 5) is 14.2. The van der Waals surface area contributed by atoms with Gasteiger partial charge in [-0.05, 0) is 73.7 Å². The van der Waals surface area contributed by atoms with Gasteiger partial charge in [0.1, 0.15) is 23.6 Å². The molecule has 38 heavy (non-hydrogen) atoms. The first-order valence-electron chi connectivity index (χ1n) is 13.1. The summed E-state index contributed by atoms with van der Waals surface area (Å²) < 4.78 is 12.5. The van der Waals surface area contributed by atoms with Crippen LogP contribution >= 0.6 is 23.7 Å². The Morgan fingerprint density at radius 1 is 0.816 bits per heavy atom. The predicted molar refractivity (Wildman–Crippen MR) is 158 cm³/mol. The highest BCUT2D eigenvalue weighted by atomic mass is 35.5. The zero-order chi connectivity index (χ0) is 25.7. The van der Waals surface area contributed by atoms with Gasteiger partial charge < -0.3 is 24.9 Å². The molecule has 0 aliphatic carbocycles. The summed E-state index contributed by atoms with van der Waals surface area (Å²) in [5, 5.41) is 13.4. The van der Waals surface area contributed by atoms with E-state index in [1.807, 2.05) is 36.4 Å². The minimum atomic E-state index is -0.131. The SMILES string of the molecule is Cl.O=c1[nH]c2c(O)ccc(CCNCCCCCCOCCc3ccc(OCc4ccccc4)cc3)c2s1. The van der Waals surface area contributed by atoms with Crippen LogP contribution in [0.15, 0.2) is 71.5 Å². The number of ether oxygens (including phenoxy) is 2. The van der Waals surface area contributed by atoms with E-state index in [1.54, 1.807) is 6.07 Å². The number of nitrogens with one attached hydrogen (secondary N) is 2. The van der Waals surface area contributed by atoms with Crippen molar-refractivity contribution in [3.8, 4) is 11.5 Å². The van der Waals surface area contributed by atoms with E-state index in [0.29, 0.717) is 12.1 Å². The fourth-order valence-corrected chi connectivity index (χ4v) is 5.11. The van der Waals surface area contributed by atoms with Crippen LogP contribution in [0, 0.1) is 0 Å². The summed E-state index contributed by atoms with van der Waals surface area (Å²) >= 11 is 1.16. The van der Waals surface area contributed by atoms with Gasteiger partial charge in [0.15, 0.2) is 0 Å². The van der Waals surface area contributed by atoms with Gasteiger partial charge in [-0.15, -0.1) is 12.4 Å². The average molecular weight is 557 g/mol. The highest BCUT2D eigenvalue weighted by Crippen LogP contribution is 2.27. The maximum absolute atomic E-state index is 11.6. The second kappa shape index (κ2) is 16.2. The molecular weight excluding hydrogens is 520 g/mol. The molecule has 6 nitrogen and oxygen atoms in total. The van der Waals surface area contributed by atoms with Gasteiger partial charge in [-0.25, -0.2) is 0 Å². The number of H-pyrrole nitrogens is 1. The summed E-state index contributed by atoms with van der Waals surface area (Å²) in [5.74, 6) is 1.02. The Hall–Kier alpha value is -2.84. The third-order valence-corrected chi connectivity index (χ3v) is 7.27. The first kappa shape index (κ1) is 29.7. The molecule has 204 valence electrons. The van der Waals surface area contributed by atoms with E-state index in [0.717, 1.165) is 79.3 Å². The van der Waals surface area contributed by atoms with E-state index in [4.69, 9.17) is 9.47 Å². The Balaban J connectivity index is 0.00000400. The Morgan fingerprint density at radius 2 is 1.61 bits per heavy atom. The van der Waals surface area contributed by atoms with Crippen molar-refractivity contribution in [1.82, 2.24) is 10.3 Å². The lowest BCUT2D eigenvalue weighted by molar-refractivity contribution is 0.133. The molecule has 0 atom stereocenters. The van der Waals surface area contributed by atoms with Gasteiger partial charge in [0.05, 0.1) is 11.3 Å². The molecule has 0 fully saturated rings. The summed E-state index contributed by atoms with van der Waals surface area (Å²) in [5.41, 5.74) is 4.07. The number of hydrogen-bond donors (Lipinski definition) is 3. The fourth-order valence-electron chi connectivity index (χ4n) is 4.21. The van der Waals surface area contributed by atoms with Crippen molar-refractivity contribution in [3.05, 3.63) is 93.1 Å². The summed E-state index contributed by atoms with van der Waals surface area (Å²) in [6.45, 7) is 3.97. The monoisotopic (exact) mass is 556 g/mol. The quantitative estimate of drug-likeness (QED) is 0.142. The number of aromatic hydroxyl groups is 1. The van der Waals surface area contributed by atoms with Crippen molar-refractivity contribution >= 4 is 34.0 Å². The standard InChI is InChI=1S/C30H36N2O4S.ClH/c33-27-15-12-25(29-28(27)32-30(34)37-29)16-19-31-18-6-1-2-7-20-35-21-17-23-10-13-26(14-11-23)36-22-24-8-4-3-5-9-24;/h3-5,8-15,31,33H,1-2,6-7,16-22H2,(H,32,34);1H. The number of aromatic nitrogens is 1. The largest absolute Gasteiger partial charge is 0.506 e.